The predicted octanol–water partition coefficient (Wildman–Crippen LogP) is 11.4. The first-order valence-electron chi connectivity index (χ1n) is 19.6. The number of anilines is 2. The van der Waals surface area contributed by atoms with Gasteiger partial charge in [-0.15, -0.1) is 0 Å². The molecule has 0 radical (unpaired) electrons. The fourth-order valence-electron chi connectivity index (χ4n) is 8.93. The van der Waals surface area contributed by atoms with Gasteiger partial charge in [0.05, 0.1) is 17.0 Å². The van der Waals surface area contributed by atoms with E-state index >= 15 is 0 Å². The molecule has 1 unspecified atom stereocenters. The number of hydrogen-bond acceptors (Lipinski definition) is 3. The van der Waals surface area contributed by atoms with Gasteiger partial charge in [-0.1, -0.05) is 19.3 Å². The van der Waals surface area contributed by atoms with Crippen LogP contribution in [-0.2, 0) is 16.2 Å². The van der Waals surface area contributed by atoms with Crippen molar-refractivity contribution in [3.63, 3.8) is 0 Å². The summed E-state index contributed by atoms with van der Waals surface area (Å²) in [6.07, 6.45) is 23.8. The summed E-state index contributed by atoms with van der Waals surface area (Å²) in [4.78, 5) is 2.44. The Morgan fingerprint density at radius 3 is 1.40 bits per heavy atom. The average Bonchev–Trinajstić information content (AvgIpc) is 3.60. The first-order chi connectivity index (χ1) is 24.8. The zero-order chi connectivity index (χ0) is 33.8. The van der Waals surface area contributed by atoms with Gasteiger partial charge in [-0.3, -0.25) is 0 Å². The van der Waals surface area contributed by atoms with E-state index in [1.807, 2.05) is 0 Å². The molecule has 3 saturated carbocycles. The summed E-state index contributed by atoms with van der Waals surface area (Å²) < 4.78 is 3.66. The summed E-state index contributed by atoms with van der Waals surface area (Å²) in [5, 5.41) is 2.27. The van der Waals surface area contributed by atoms with Crippen molar-refractivity contribution < 1.29 is 16.2 Å². The van der Waals surface area contributed by atoms with Crippen molar-refractivity contribution >= 4 is 28.3 Å². The molecular formula is C45H57N3PRu+. The third-order valence-corrected chi connectivity index (χ3v) is 18.0. The summed E-state index contributed by atoms with van der Waals surface area (Å²) in [6, 6.07) is 42.5. The van der Waals surface area contributed by atoms with Crippen LogP contribution in [0, 0.1) is 0 Å². The number of benzene rings is 4. The molecule has 4 fully saturated rings. The second-order valence-electron chi connectivity index (χ2n) is 14.7. The second-order valence-corrected chi connectivity index (χ2v) is 19.9. The van der Waals surface area contributed by atoms with Crippen molar-refractivity contribution in [1.29, 1.82) is 0 Å². The van der Waals surface area contributed by atoms with Crippen LogP contribution in [0.5, 0.6) is 0 Å². The van der Waals surface area contributed by atoms with Crippen molar-refractivity contribution in [1.82, 2.24) is 5.43 Å². The second kappa shape index (κ2) is 18.6. The monoisotopic (exact) mass is 772 g/mol. The Balaban J connectivity index is 0.000000176. The molecule has 0 bridgehead atoms. The van der Waals surface area contributed by atoms with E-state index in [0.29, 0.717) is 0 Å². The number of para-hydroxylation sites is 2. The van der Waals surface area contributed by atoms with Crippen LogP contribution in [0.1, 0.15) is 114 Å². The Bertz CT molecular complexity index is 1580. The molecule has 4 aromatic carbocycles. The molecule has 8 rings (SSSR count). The van der Waals surface area contributed by atoms with E-state index in [9.17, 15) is 0 Å². The first-order valence-corrected chi connectivity index (χ1v) is 23.2. The van der Waals surface area contributed by atoms with E-state index < -0.39 is 0 Å². The fraction of sp³-hybridized carbons (Fsp3) is 0.422. The molecule has 0 aromatic heterocycles. The van der Waals surface area contributed by atoms with E-state index in [2.05, 4.69) is 141 Å². The maximum atomic E-state index is 3.78. The first kappa shape index (κ1) is 35.6. The normalized spacial score (nSPS) is 20.8. The molecule has 3 aliphatic carbocycles. The molecule has 264 valence electrons. The van der Waals surface area contributed by atoms with Crippen molar-refractivity contribution in [2.45, 2.75) is 119 Å². The van der Waals surface area contributed by atoms with Crippen LogP contribution in [-0.4, -0.2) is 25.9 Å². The quantitative estimate of drug-likeness (QED) is 0.149. The Labute approximate surface area is 310 Å². The number of nitrogens with one attached hydrogen (secondary N) is 1. The van der Waals surface area contributed by atoms with Gasteiger partial charge < -0.3 is 0 Å². The molecule has 4 aromatic rings. The predicted molar refractivity (Wildman–Crippen MR) is 216 cm³/mol. The van der Waals surface area contributed by atoms with Crippen LogP contribution >= 0.6 is 7.92 Å². The Hall–Kier alpha value is -2.77. The molecule has 0 spiro atoms. The van der Waals surface area contributed by atoms with Gasteiger partial charge in [0.2, 0.25) is 0 Å². The summed E-state index contributed by atoms with van der Waals surface area (Å²) in [5.74, 6) is 0. The van der Waals surface area contributed by atoms with E-state index in [1.165, 1.54) is 38.1 Å². The number of nitrogens with zero attached hydrogens (tertiary/aromatic N) is 2. The Morgan fingerprint density at radius 2 is 0.920 bits per heavy atom. The van der Waals surface area contributed by atoms with Crippen molar-refractivity contribution in [2.75, 3.05) is 9.91 Å². The van der Waals surface area contributed by atoms with Gasteiger partial charge >= 0.3 is 191 Å². The molecule has 1 aliphatic heterocycles. The van der Waals surface area contributed by atoms with Crippen LogP contribution in [0.25, 0.3) is 0 Å². The fourth-order valence-corrected chi connectivity index (χ4v) is 16.3. The zero-order valence-corrected chi connectivity index (χ0v) is 32.5. The van der Waals surface area contributed by atoms with Gasteiger partial charge in [0.1, 0.15) is 0 Å². The molecular weight excluding hydrogens is 715 g/mol. The Morgan fingerprint density at radius 1 is 0.500 bits per heavy atom. The van der Waals surface area contributed by atoms with E-state index in [4.69, 9.17) is 0 Å². The molecule has 1 atom stereocenters. The topological polar surface area (TPSA) is 18.5 Å². The standard InChI is InChI=1S/C20H17N3.C18H33P.C7H6.Ru/c1-4-10-17(11-5-1)20-21-23(19-14-8-3-9-15-19)16-22(20)18-12-6-2-7-13-18;1-4-10-16(11-5-1)19(17-12-6-2-7-13-17)18-14-8-3-9-15-18;1-7-5-3-2-4-6-7;/h1-15,20-21H;16-18H,1-15H2;1-6H;/p+1. The van der Waals surface area contributed by atoms with Crippen LogP contribution in [0.4, 0.5) is 11.4 Å². The van der Waals surface area contributed by atoms with E-state index in [1.54, 1.807) is 96.3 Å². The summed E-state index contributed by atoms with van der Waals surface area (Å²) in [6.45, 7) is 0. The number of hydrazine groups is 1. The van der Waals surface area contributed by atoms with Crippen molar-refractivity contribution in [3.05, 3.63) is 132 Å². The molecule has 1 N–H and O–H groups in total. The van der Waals surface area contributed by atoms with Crippen molar-refractivity contribution in [2.24, 2.45) is 0 Å². The molecule has 5 heteroatoms. The zero-order valence-electron chi connectivity index (χ0n) is 29.8. The van der Waals surface area contributed by atoms with E-state index in [0.717, 1.165) is 5.69 Å². The van der Waals surface area contributed by atoms with Gasteiger partial charge in [0, 0.05) is 7.92 Å². The molecule has 4 aliphatic rings. The van der Waals surface area contributed by atoms with Crippen LogP contribution in [0.2, 0.25) is 0 Å². The van der Waals surface area contributed by atoms with Crippen LogP contribution < -0.4 is 15.3 Å². The summed E-state index contributed by atoms with van der Waals surface area (Å²) in [7, 11) is -0.0465. The minimum atomic E-state index is -0.205. The minimum absolute atomic E-state index is 0.0253. The van der Waals surface area contributed by atoms with Gasteiger partial charge in [0.15, 0.2) is 0 Å². The summed E-state index contributed by atoms with van der Waals surface area (Å²) >= 11 is -0.205. The Kier molecular flexibility index (Phi) is 13.3. The van der Waals surface area contributed by atoms with Crippen LogP contribution in [0.15, 0.2) is 121 Å². The molecule has 3 nitrogen and oxygen atoms in total. The third-order valence-electron chi connectivity index (χ3n) is 11.3. The number of rotatable bonds is 7. The number of hydrogen-bond donors (Lipinski definition) is 1. The SMILES string of the molecule is C1CCC([PH+](C2CCCCC2)C2CCCCC2)CC1.[CH](=[Ru]=[C]1N(c2ccccc2)NC(c2ccccc2)N1c1ccccc1)c1ccccc1. The van der Waals surface area contributed by atoms with Gasteiger partial charge in [-0.05, 0) is 77.0 Å². The maximum absolute atomic E-state index is 3.78. The van der Waals surface area contributed by atoms with Crippen molar-refractivity contribution in [3.8, 4) is 0 Å². The van der Waals surface area contributed by atoms with Gasteiger partial charge in [-0.25, -0.2) is 0 Å². The third kappa shape index (κ3) is 9.17. The average molecular weight is 772 g/mol. The van der Waals surface area contributed by atoms with E-state index in [-0.39, 0.29) is 30.3 Å². The molecule has 0 amide bonds. The molecule has 50 heavy (non-hydrogen) atoms. The molecule has 1 saturated heterocycles. The van der Waals surface area contributed by atoms with Gasteiger partial charge in [0.25, 0.3) is 0 Å². The van der Waals surface area contributed by atoms with Crippen LogP contribution in [0.3, 0.4) is 0 Å². The van der Waals surface area contributed by atoms with Gasteiger partial charge in [-0.2, -0.15) is 0 Å². The summed E-state index contributed by atoms with van der Waals surface area (Å²) in [5.41, 5.74) is 12.3. The molecule has 1 heterocycles.